The number of carbonyl (C=O) groups is 1. The number of hydrogen-bond acceptors (Lipinski definition) is 2. The van der Waals surface area contributed by atoms with Crippen molar-refractivity contribution in [2.45, 2.75) is 26.7 Å². The molecule has 14 heavy (non-hydrogen) atoms. The average Bonchev–Trinajstić information content (AvgIpc) is 2.19. The molecule has 1 heterocycles. The molecule has 0 saturated carbocycles. The molecule has 1 rings (SSSR count). The number of rotatable bonds is 3. The van der Waals surface area contributed by atoms with Crippen LogP contribution in [0.25, 0.3) is 0 Å². The predicted molar refractivity (Wildman–Crippen MR) is 58.1 cm³/mol. The molecule has 0 aromatic rings. The van der Waals surface area contributed by atoms with Crippen molar-refractivity contribution in [1.82, 2.24) is 9.80 Å². The first kappa shape index (κ1) is 11.5. The van der Waals surface area contributed by atoms with Crippen molar-refractivity contribution >= 4 is 5.91 Å². The highest BCUT2D eigenvalue weighted by atomic mass is 16.2. The van der Waals surface area contributed by atoms with Gasteiger partial charge in [-0.2, -0.15) is 0 Å². The first-order chi connectivity index (χ1) is 6.69. The van der Waals surface area contributed by atoms with E-state index in [9.17, 15) is 4.79 Å². The van der Waals surface area contributed by atoms with Gasteiger partial charge in [0.05, 0.1) is 5.92 Å². The minimum Gasteiger partial charge on any atom is -0.343 e. The molecule has 0 aromatic heterocycles. The van der Waals surface area contributed by atoms with Crippen LogP contribution < -0.4 is 0 Å². The van der Waals surface area contributed by atoms with Crippen molar-refractivity contribution in [2.24, 2.45) is 5.92 Å². The summed E-state index contributed by atoms with van der Waals surface area (Å²) in [6.45, 7) is 7.87. The lowest BCUT2D eigenvalue weighted by molar-refractivity contribution is -0.136. The molecule has 0 bridgehead atoms. The molecule has 1 fully saturated rings. The van der Waals surface area contributed by atoms with E-state index < -0.39 is 0 Å². The third-order valence-corrected chi connectivity index (χ3v) is 3.05. The Morgan fingerprint density at radius 3 is 2.57 bits per heavy atom. The summed E-state index contributed by atoms with van der Waals surface area (Å²) in [5, 5.41) is 0. The highest BCUT2D eigenvalue weighted by Gasteiger charge is 2.26. The third kappa shape index (κ3) is 2.71. The van der Waals surface area contributed by atoms with Crippen LogP contribution in [0.4, 0.5) is 0 Å². The van der Waals surface area contributed by atoms with E-state index in [0.717, 1.165) is 39.0 Å². The van der Waals surface area contributed by atoms with Crippen LogP contribution in [-0.4, -0.2) is 48.9 Å². The fourth-order valence-electron chi connectivity index (χ4n) is 2.16. The van der Waals surface area contributed by atoms with Gasteiger partial charge >= 0.3 is 0 Å². The van der Waals surface area contributed by atoms with Crippen LogP contribution in [0.1, 0.15) is 26.7 Å². The van der Waals surface area contributed by atoms with Gasteiger partial charge in [-0.25, -0.2) is 0 Å². The molecule has 0 spiro atoms. The van der Waals surface area contributed by atoms with E-state index in [0.29, 0.717) is 5.91 Å². The molecule has 3 heteroatoms. The first-order valence-corrected chi connectivity index (χ1v) is 5.66. The molecule has 3 nitrogen and oxygen atoms in total. The van der Waals surface area contributed by atoms with Crippen molar-refractivity contribution in [3.8, 4) is 0 Å². The van der Waals surface area contributed by atoms with E-state index in [2.05, 4.69) is 11.9 Å². The van der Waals surface area contributed by atoms with Gasteiger partial charge in [-0.1, -0.05) is 0 Å². The van der Waals surface area contributed by atoms with Crippen molar-refractivity contribution in [2.75, 3.05) is 33.2 Å². The van der Waals surface area contributed by atoms with Crippen LogP contribution in [0.3, 0.4) is 0 Å². The Kier molecular flexibility index (Phi) is 4.39. The molecule has 0 aliphatic carbocycles. The first-order valence-electron chi connectivity index (χ1n) is 5.66. The largest absolute Gasteiger partial charge is 0.343 e. The van der Waals surface area contributed by atoms with Crippen LogP contribution >= 0.6 is 0 Å². The van der Waals surface area contributed by atoms with E-state index >= 15 is 0 Å². The fourth-order valence-corrected chi connectivity index (χ4v) is 2.16. The van der Waals surface area contributed by atoms with Gasteiger partial charge in [0.25, 0.3) is 0 Å². The van der Waals surface area contributed by atoms with Gasteiger partial charge in [0.1, 0.15) is 0 Å². The number of carbonyl (C=O) groups excluding carboxylic acids is 1. The van der Waals surface area contributed by atoms with Gasteiger partial charge in [0.2, 0.25) is 5.91 Å². The van der Waals surface area contributed by atoms with Gasteiger partial charge in [-0.05, 0) is 40.3 Å². The second kappa shape index (κ2) is 5.35. The summed E-state index contributed by atoms with van der Waals surface area (Å²) in [4.78, 5) is 16.2. The molecule has 1 aliphatic heterocycles. The number of hydrogen-bond donors (Lipinski definition) is 0. The Bertz CT molecular complexity index is 190. The predicted octanol–water partition coefficient (Wildman–Crippen LogP) is 1.20. The van der Waals surface area contributed by atoms with E-state index in [-0.39, 0.29) is 5.92 Å². The topological polar surface area (TPSA) is 23.6 Å². The molecule has 1 atom stereocenters. The summed E-state index contributed by atoms with van der Waals surface area (Å²) in [5.74, 6) is 0.593. The summed E-state index contributed by atoms with van der Waals surface area (Å²) < 4.78 is 0. The second-order valence-electron chi connectivity index (χ2n) is 4.11. The maximum atomic E-state index is 12.0. The second-order valence-corrected chi connectivity index (χ2v) is 4.11. The summed E-state index contributed by atoms with van der Waals surface area (Å²) in [7, 11) is 2.10. The molecule has 1 amide bonds. The summed E-state index contributed by atoms with van der Waals surface area (Å²) in [6.07, 6.45) is 2.23. The normalized spacial score (nSPS) is 23.5. The molecule has 0 unspecified atom stereocenters. The van der Waals surface area contributed by atoms with Crippen molar-refractivity contribution in [3.63, 3.8) is 0 Å². The number of likely N-dealkylation sites (tertiary alicyclic amines) is 1. The van der Waals surface area contributed by atoms with Gasteiger partial charge in [0, 0.05) is 19.6 Å². The van der Waals surface area contributed by atoms with Crippen LogP contribution in [-0.2, 0) is 4.79 Å². The summed E-state index contributed by atoms with van der Waals surface area (Å²) in [6, 6.07) is 0. The maximum Gasteiger partial charge on any atom is 0.226 e. The summed E-state index contributed by atoms with van der Waals surface area (Å²) >= 11 is 0. The van der Waals surface area contributed by atoms with Gasteiger partial charge in [-0.3, -0.25) is 4.79 Å². The average molecular weight is 198 g/mol. The van der Waals surface area contributed by atoms with Crippen LogP contribution in [0, 0.1) is 5.92 Å². The Hall–Kier alpha value is -0.570. The van der Waals surface area contributed by atoms with Crippen molar-refractivity contribution < 1.29 is 4.79 Å². The minimum atomic E-state index is 0.244. The molecule has 1 saturated heterocycles. The SMILES string of the molecule is CCN(CC)C(=O)[C@H]1CCCN(C)C1. The van der Waals surface area contributed by atoms with Crippen molar-refractivity contribution in [1.29, 1.82) is 0 Å². The van der Waals surface area contributed by atoms with Crippen molar-refractivity contribution in [3.05, 3.63) is 0 Å². The maximum absolute atomic E-state index is 12.0. The quantitative estimate of drug-likeness (QED) is 0.680. The zero-order valence-corrected chi connectivity index (χ0v) is 9.62. The minimum absolute atomic E-state index is 0.244. The van der Waals surface area contributed by atoms with Crippen LogP contribution in [0.2, 0.25) is 0 Å². The van der Waals surface area contributed by atoms with E-state index in [4.69, 9.17) is 0 Å². The lowest BCUT2D eigenvalue weighted by Gasteiger charge is -2.32. The molecule has 82 valence electrons. The molecule has 0 radical (unpaired) electrons. The molecular weight excluding hydrogens is 176 g/mol. The fraction of sp³-hybridized carbons (Fsp3) is 0.909. The van der Waals surface area contributed by atoms with Gasteiger partial charge < -0.3 is 9.80 Å². The van der Waals surface area contributed by atoms with E-state index in [1.807, 2.05) is 18.7 Å². The Labute approximate surface area is 87.1 Å². The zero-order chi connectivity index (χ0) is 10.6. The molecule has 1 aliphatic rings. The third-order valence-electron chi connectivity index (χ3n) is 3.05. The Morgan fingerprint density at radius 2 is 2.07 bits per heavy atom. The van der Waals surface area contributed by atoms with Gasteiger partial charge in [-0.15, -0.1) is 0 Å². The standard InChI is InChI=1S/C11H22N2O/c1-4-13(5-2)11(14)10-7-6-8-12(3)9-10/h10H,4-9H2,1-3H3/t10-/m0/s1. The molecule has 0 N–H and O–H groups in total. The molecule has 0 aromatic carbocycles. The Morgan fingerprint density at radius 1 is 1.43 bits per heavy atom. The smallest absolute Gasteiger partial charge is 0.226 e. The number of amides is 1. The lowest BCUT2D eigenvalue weighted by Crippen LogP contribution is -2.43. The monoisotopic (exact) mass is 198 g/mol. The van der Waals surface area contributed by atoms with Crippen LogP contribution in [0.5, 0.6) is 0 Å². The lowest BCUT2D eigenvalue weighted by atomic mass is 9.97. The van der Waals surface area contributed by atoms with Gasteiger partial charge in [0.15, 0.2) is 0 Å². The highest BCUT2D eigenvalue weighted by molar-refractivity contribution is 5.79. The number of piperidine rings is 1. The Balaban J connectivity index is 2.50. The molecular formula is C11H22N2O. The number of nitrogens with zero attached hydrogens (tertiary/aromatic N) is 2. The van der Waals surface area contributed by atoms with E-state index in [1.165, 1.54) is 0 Å². The zero-order valence-electron chi connectivity index (χ0n) is 9.62. The summed E-state index contributed by atoms with van der Waals surface area (Å²) in [5.41, 5.74) is 0. The van der Waals surface area contributed by atoms with E-state index in [1.54, 1.807) is 0 Å². The van der Waals surface area contributed by atoms with Crippen LogP contribution in [0.15, 0.2) is 0 Å². The highest BCUT2D eigenvalue weighted by Crippen LogP contribution is 2.17.